The number of nitrogens with zero attached hydrogens (tertiary/aromatic N) is 3. The molecule has 0 bridgehead atoms. The Kier molecular flexibility index (Phi) is 3.96. The number of aryl methyl sites for hydroxylation is 1. The summed E-state index contributed by atoms with van der Waals surface area (Å²) in [6.07, 6.45) is 10.3. The van der Waals surface area contributed by atoms with Gasteiger partial charge in [0.15, 0.2) is 0 Å². The van der Waals surface area contributed by atoms with E-state index in [4.69, 9.17) is 0 Å². The molecule has 2 aliphatic heterocycles. The minimum atomic E-state index is 0.844. The van der Waals surface area contributed by atoms with Crippen molar-refractivity contribution in [3.63, 3.8) is 0 Å². The van der Waals surface area contributed by atoms with Crippen LogP contribution in [-0.2, 0) is 6.42 Å². The fraction of sp³-hybridized carbons (Fsp3) is 0.786. The molecule has 2 fully saturated rings. The van der Waals surface area contributed by atoms with Gasteiger partial charge in [0, 0.05) is 44.5 Å². The third kappa shape index (κ3) is 2.93. The second kappa shape index (κ2) is 5.85. The molecular formula is C14H24N4. The standard InChI is InChI=1S/C14H24N4/c1-2-9-18-11-10-17(12-13(18)4-1)8-3-5-14-15-6-7-16-14/h6-7,13H,1-5,8-12H2,(H,15,16). The summed E-state index contributed by atoms with van der Waals surface area (Å²) < 4.78 is 0. The third-order valence-electron chi connectivity index (χ3n) is 4.36. The maximum absolute atomic E-state index is 4.28. The summed E-state index contributed by atoms with van der Waals surface area (Å²) in [6.45, 7) is 6.40. The summed E-state index contributed by atoms with van der Waals surface area (Å²) in [5.41, 5.74) is 0. The normalized spacial score (nSPS) is 26.1. The average Bonchev–Trinajstić information content (AvgIpc) is 2.92. The zero-order chi connectivity index (χ0) is 12.2. The van der Waals surface area contributed by atoms with Crippen LogP contribution in [0.1, 0.15) is 31.5 Å². The van der Waals surface area contributed by atoms with Gasteiger partial charge < -0.3 is 9.88 Å². The predicted molar refractivity (Wildman–Crippen MR) is 72.6 cm³/mol. The highest BCUT2D eigenvalue weighted by Crippen LogP contribution is 2.21. The van der Waals surface area contributed by atoms with Gasteiger partial charge in [-0.3, -0.25) is 4.90 Å². The zero-order valence-corrected chi connectivity index (χ0v) is 11.1. The summed E-state index contributed by atoms with van der Waals surface area (Å²) >= 11 is 0. The maximum atomic E-state index is 4.28. The molecule has 1 aromatic heterocycles. The molecule has 0 amide bonds. The Morgan fingerprint density at radius 1 is 1.28 bits per heavy atom. The SMILES string of the molecule is c1c[nH]c(CCCN2CCN3CCCCC3C2)n1. The summed E-state index contributed by atoms with van der Waals surface area (Å²) in [4.78, 5) is 12.8. The monoisotopic (exact) mass is 248 g/mol. The van der Waals surface area contributed by atoms with Crippen molar-refractivity contribution in [2.24, 2.45) is 0 Å². The summed E-state index contributed by atoms with van der Waals surface area (Å²) in [5.74, 6) is 1.13. The minimum Gasteiger partial charge on any atom is -0.349 e. The van der Waals surface area contributed by atoms with Gasteiger partial charge in [-0.1, -0.05) is 6.42 Å². The number of H-pyrrole nitrogens is 1. The molecule has 1 aromatic rings. The topological polar surface area (TPSA) is 35.2 Å². The number of aromatic amines is 1. The second-order valence-corrected chi connectivity index (χ2v) is 5.63. The molecule has 0 radical (unpaired) electrons. The lowest BCUT2D eigenvalue weighted by Gasteiger charge is -2.44. The molecule has 18 heavy (non-hydrogen) atoms. The van der Waals surface area contributed by atoms with Gasteiger partial charge in [-0.2, -0.15) is 0 Å². The van der Waals surface area contributed by atoms with Gasteiger partial charge in [0.05, 0.1) is 0 Å². The van der Waals surface area contributed by atoms with Gasteiger partial charge >= 0.3 is 0 Å². The number of imidazole rings is 1. The molecule has 100 valence electrons. The van der Waals surface area contributed by atoms with Crippen LogP contribution in [0.3, 0.4) is 0 Å². The molecule has 1 atom stereocenters. The first-order chi connectivity index (χ1) is 8.92. The highest BCUT2D eigenvalue weighted by molar-refractivity contribution is 4.88. The first-order valence-corrected chi connectivity index (χ1v) is 7.36. The number of fused-ring (bicyclic) bond motifs is 1. The predicted octanol–water partition coefficient (Wildman–Crippen LogP) is 1.51. The van der Waals surface area contributed by atoms with Crippen molar-refractivity contribution in [3.8, 4) is 0 Å². The highest BCUT2D eigenvalue weighted by atomic mass is 15.3. The largest absolute Gasteiger partial charge is 0.349 e. The van der Waals surface area contributed by atoms with Crippen LogP contribution < -0.4 is 0 Å². The minimum absolute atomic E-state index is 0.844. The Morgan fingerprint density at radius 3 is 3.17 bits per heavy atom. The summed E-state index contributed by atoms with van der Waals surface area (Å²) in [6, 6.07) is 0.844. The van der Waals surface area contributed by atoms with Crippen LogP contribution in [0, 0.1) is 0 Å². The van der Waals surface area contributed by atoms with Crippen LogP contribution in [0.4, 0.5) is 0 Å². The van der Waals surface area contributed by atoms with Gasteiger partial charge in [-0.05, 0) is 32.4 Å². The van der Waals surface area contributed by atoms with Gasteiger partial charge in [0.1, 0.15) is 5.82 Å². The van der Waals surface area contributed by atoms with Crippen molar-refractivity contribution in [3.05, 3.63) is 18.2 Å². The van der Waals surface area contributed by atoms with Crippen molar-refractivity contribution in [2.45, 2.75) is 38.1 Å². The average molecular weight is 248 g/mol. The fourth-order valence-corrected chi connectivity index (χ4v) is 3.33. The van der Waals surface area contributed by atoms with E-state index in [1.54, 1.807) is 0 Å². The van der Waals surface area contributed by atoms with Gasteiger partial charge in [0.25, 0.3) is 0 Å². The molecule has 0 aromatic carbocycles. The summed E-state index contributed by atoms with van der Waals surface area (Å²) in [5, 5.41) is 0. The Morgan fingerprint density at radius 2 is 2.28 bits per heavy atom. The van der Waals surface area contributed by atoms with Crippen LogP contribution in [-0.4, -0.2) is 58.5 Å². The number of aromatic nitrogens is 2. The quantitative estimate of drug-likeness (QED) is 0.877. The Balaban J connectivity index is 1.41. The number of hydrogen-bond acceptors (Lipinski definition) is 3. The molecule has 2 aliphatic rings. The van der Waals surface area contributed by atoms with Crippen molar-refractivity contribution < 1.29 is 0 Å². The lowest BCUT2D eigenvalue weighted by molar-refractivity contribution is 0.0489. The van der Waals surface area contributed by atoms with E-state index in [2.05, 4.69) is 19.8 Å². The van der Waals surface area contributed by atoms with E-state index in [9.17, 15) is 0 Å². The molecule has 4 nitrogen and oxygen atoms in total. The molecule has 0 aliphatic carbocycles. The summed E-state index contributed by atoms with van der Waals surface area (Å²) in [7, 11) is 0. The van der Waals surface area contributed by atoms with E-state index in [0.29, 0.717) is 0 Å². The fourth-order valence-electron chi connectivity index (χ4n) is 3.33. The van der Waals surface area contributed by atoms with E-state index in [1.165, 1.54) is 58.4 Å². The molecule has 0 saturated carbocycles. The third-order valence-corrected chi connectivity index (χ3v) is 4.36. The van der Waals surface area contributed by atoms with Crippen LogP contribution >= 0.6 is 0 Å². The Labute approximate surface area is 109 Å². The van der Waals surface area contributed by atoms with Crippen molar-refractivity contribution in [1.82, 2.24) is 19.8 Å². The van der Waals surface area contributed by atoms with Crippen LogP contribution in [0.15, 0.2) is 12.4 Å². The van der Waals surface area contributed by atoms with E-state index < -0.39 is 0 Å². The van der Waals surface area contributed by atoms with Crippen molar-refractivity contribution in [1.29, 1.82) is 0 Å². The second-order valence-electron chi connectivity index (χ2n) is 5.63. The molecular weight excluding hydrogens is 224 g/mol. The van der Waals surface area contributed by atoms with Crippen molar-refractivity contribution >= 4 is 0 Å². The first kappa shape index (κ1) is 12.2. The highest BCUT2D eigenvalue weighted by Gasteiger charge is 2.28. The number of rotatable bonds is 4. The molecule has 3 heterocycles. The molecule has 4 heteroatoms. The smallest absolute Gasteiger partial charge is 0.106 e. The van der Waals surface area contributed by atoms with Gasteiger partial charge in [-0.25, -0.2) is 4.98 Å². The number of nitrogens with one attached hydrogen (secondary N) is 1. The van der Waals surface area contributed by atoms with Gasteiger partial charge in [-0.15, -0.1) is 0 Å². The number of hydrogen-bond donors (Lipinski definition) is 1. The van der Waals surface area contributed by atoms with E-state index in [0.717, 1.165) is 18.3 Å². The lowest BCUT2D eigenvalue weighted by Crippen LogP contribution is -2.54. The first-order valence-electron chi connectivity index (χ1n) is 7.36. The van der Waals surface area contributed by atoms with Crippen LogP contribution in [0.25, 0.3) is 0 Å². The van der Waals surface area contributed by atoms with Gasteiger partial charge in [0.2, 0.25) is 0 Å². The van der Waals surface area contributed by atoms with Crippen molar-refractivity contribution in [2.75, 3.05) is 32.7 Å². The molecule has 1 unspecified atom stereocenters. The van der Waals surface area contributed by atoms with E-state index >= 15 is 0 Å². The number of piperidine rings is 1. The Bertz CT molecular complexity index is 349. The van der Waals surface area contributed by atoms with E-state index in [-0.39, 0.29) is 0 Å². The molecule has 0 spiro atoms. The van der Waals surface area contributed by atoms with Crippen LogP contribution in [0.5, 0.6) is 0 Å². The number of piperazine rings is 1. The maximum Gasteiger partial charge on any atom is 0.106 e. The Hall–Kier alpha value is -0.870. The van der Waals surface area contributed by atoms with Crippen LogP contribution in [0.2, 0.25) is 0 Å². The zero-order valence-electron chi connectivity index (χ0n) is 11.1. The molecule has 3 rings (SSSR count). The lowest BCUT2D eigenvalue weighted by atomic mass is 9.99. The van der Waals surface area contributed by atoms with E-state index in [1.807, 2.05) is 12.4 Å². The molecule has 2 saturated heterocycles. The molecule has 1 N–H and O–H groups in total.